The molecular weight excluding hydrogens is 348 g/mol. The Morgan fingerprint density at radius 1 is 1.11 bits per heavy atom. The number of pyridine rings is 1. The van der Waals surface area contributed by atoms with E-state index < -0.39 is 0 Å². The first-order valence-electron chi connectivity index (χ1n) is 10.5. The third-order valence-corrected chi connectivity index (χ3v) is 5.12. The maximum atomic E-state index is 12.9. The summed E-state index contributed by atoms with van der Waals surface area (Å²) in [5.74, 6) is 1.00. The number of carbonyl (C=O) groups is 1. The van der Waals surface area contributed by atoms with Crippen molar-refractivity contribution in [3.05, 3.63) is 48.2 Å². The van der Waals surface area contributed by atoms with Gasteiger partial charge in [0.15, 0.2) is 0 Å². The summed E-state index contributed by atoms with van der Waals surface area (Å²) in [4.78, 5) is 19.3. The first kappa shape index (κ1) is 20.3. The van der Waals surface area contributed by atoms with Crippen LogP contribution in [-0.4, -0.2) is 24.0 Å². The van der Waals surface area contributed by atoms with Crippen LogP contribution in [-0.2, 0) is 11.3 Å². The molecule has 1 aliphatic heterocycles. The van der Waals surface area contributed by atoms with Crippen molar-refractivity contribution in [1.82, 2.24) is 10.3 Å². The summed E-state index contributed by atoms with van der Waals surface area (Å²) >= 11 is 0. The third kappa shape index (κ3) is 5.55. The van der Waals surface area contributed by atoms with E-state index in [0.29, 0.717) is 0 Å². The summed E-state index contributed by atoms with van der Waals surface area (Å²) in [6.07, 6.45) is 7.71. The topological polar surface area (TPSA) is 57.3 Å². The van der Waals surface area contributed by atoms with E-state index in [-0.39, 0.29) is 11.8 Å². The monoisotopic (exact) mass is 380 g/mol. The van der Waals surface area contributed by atoms with Gasteiger partial charge in [-0.2, -0.15) is 0 Å². The molecule has 150 valence electrons. The standard InChI is InChI=1S/C23H32N4O/c1-18(2)23(28)27-15-9-5-3-4-7-13-24-17-19-16-20(11-12-21(19)27)26-22-10-6-8-14-25-22/h6,8,10-12,14,16,18,24H,3-5,7,9,13,15,17H2,1-2H3,(H,25,26). The number of nitrogens with one attached hydrogen (secondary N) is 2. The maximum absolute atomic E-state index is 12.9. The largest absolute Gasteiger partial charge is 0.340 e. The summed E-state index contributed by atoms with van der Waals surface area (Å²) in [6, 6.07) is 12.1. The molecule has 0 spiro atoms. The molecular formula is C23H32N4O. The fraction of sp³-hybridized carbons (Fsp3) is 0.478. The number of hydrogen-bond acceptors (Lipinski definition) is 4. The second-order valence-corrected chi connectivity index (χ2v) is 7.77. The van der Waals surface area contributed by atoms with Gasteiger partial charge in [-0.3, -0.25) is 4.79 Å². The van der Waals surface area contributed by atoms with Crippen LogP contribution < -0.4 is 15.5 Å². The number of benzene rings is 1. The van der Waals surface area contributed by atoms with Crippen LogP contribution in [0.2, 0.25) is 0 Å². The molecule has 28 heavy (non-hydrogen) atoms. The van der Waals surface area contributed by atoms with Crippen molar-refractivity contribution in [2.24, 2.45) is 5.92 Å². The van der Waals surface area contributed by atoms with Crippen molar-refractivity contribution in [3.63, 3.8) is 0 Å². The van der Waals surface area contributed by atoms with Gasteiger partial charge in [-0.25, -0.2) is 4.98 Å². The molecule has 0 aliphatic carbocycles. The van der Waals surface area contributed by atoms with Crippen LogP contribution in [0.25, 0.3) is 0 Å². The molecule has 1 amide bonds. The maximum Gasteiger partial charge on any atom is 0.229 e. The molecule has 0 saturated carbocycles. The number of anilines is 3. The van der Waals surface area contributed by atoms with Crippen LogP contribution >= 0.6 is 0 Å². The Labute approximate surface area is 168 Å². The lowest BCUT2D eigenvalue weighted by atomic mass is 10.1. The zero-order valence-electron chi connectivity index (χ0n) is 17.1. The van der Waals surface area contributed by atoms with E-state index in [1.807, 2.05) is 43.0 Å². The average Bonchev–Trinajstić information content (AvgIpc) is 2.69. The van der Waals surface area contributed by atoms with E-state index in [4.69, 9.17) is 0 Å². The van der Waals surface area contributed by atoms with Gasteiger partial charge in [-0.05, 0) is 55.3 Å². The molecule has 0 fully saturated rings. The van der Waals surface area contributed by atoms with Gasteiger partial charge in [0.25, 0.3) is 0 Å². The van der Waals surface area contributed by atoms with Gasteiger partial charge in [0.1, 0.15) is 5.82 Å². The van der Waals surface area contributed by atoms with Crippen molar-refractivity contribution < 1.29 is 4.79 Å². The van der Waals surface area contributed by atoms with Gasteiger partial charge in [0.05, 0.1) is 0 Å². The second-order valence-electron chi connectivity index (χ2n) is 7.77. The summed E-state index contributed by atoms with van der Waals surface area (Å²) < 4.78 is 0. The quantitative estimate of drug-likeness (QED) is 0.798. The highest BCUT2D eigenvalue weighted by Gasteiger charge is 2.21. The van der Waals surface area contributed by atoms with E-state index in [9.17, 15) is 4.79 Å². The Kier molecular flexibility index (Phi) is 7.43. The molecule has 1 aromatic carbocycles. The predicted molar refractivity (Wildman–Crippen MR) is 116 cm³/mol. The van der Waals surface area contributed by atoms with Crippen molar-refractivity contribution in [2.75, 3.05) is 23.3 Å². The molecule has 0 bridgehead atoms. The zero-order valence-corrected chi connectivity index (χ0v) is 17.1. The summed E-state index contributed by atoms with van der Waals surface area (Å²) in [5, 5.41) is 6.92. The molecule has 5 heteroatoms. The van der Waals surface area contributed by atoms with Crippen LogP contribution in [0.5, 0.6) is 0 Å². The molecule has 3 rings (SSSR count). The summed E-state index contributed by atoms with van der Waals surface area (Å²) in [6.45, 7) is 6.52. The van der Waals surface area contributed by atoms with Crippen LogP contribution in [0.4, 0.5) is 17.2 Å². The van der Waals surface area contributed by atoms with E-state index in [0.717, 1.165) is 48.8 Å². The number of fused-ring (bicyclic) bond motifs is 1. The highest BCUT2D eigenvalue weighted by atomic mass is 16.2. The van der Waals surface area contributed by atoms with E-state index in [2.05, 4.69) is 27.8 Å². The summed E-state index contributed by atoms with van der Waals surface area (Å²) in [5.41, 5.74) is 3.16. The molecule has 2 N–H and O–H groups in total. The molecule has 0 atom stereocenters. The van der Waals surface area contributed by atoms with Crippen LogP contribution in [0.1, 0.15) is 51.5 Å². The Hall–Kier alpha value is -2.40. The van der Waals surface area contributed by atoms with Crippen molar-refractivity contribution in [1.29, 1.82) is 0 Å². The van der Waals surface area contributed by atoms with Gasteiger partial charge in [0.2, 0.25) is 5.91 Å². The first-order chi connectivity index (χ1) is 13.6. The second kappa shape index (κ2) is 10.2. The van der Waals surface area contributed by atoms with Crippen molar-refractivity contribution >= 4 is 23.1 Å². The molecule has 0 radical (unpaired) electrons. The van der Waals surface area contributed by atoms with Gasteiger partial charge in [0, 0.05) is 36.6 Å². The number of amides is 1. The van der Waals surface area contributed by atoms with Gasteiger partial charge in [-0.1, -0.05) is 39.2 Å². The molecule has 2 aromatic rings. The van der Waals surface area contributed by atoms with E-state index in [1.54, 1.807) is 6.20 Å². The number of nitrogens with zero attached hydrogens (tertiary/aromatic N) is 2. The van der Waals surface area contributed by atoms with Crippen LogP contribution in [0.15, 0.2) is 42.6 Å². The van der Waals surface area contributed by atoms with E-state index >= 15 is 0 Å². The highest BCUT2D eigenvalue weighted by Crippen LogP contribution is 2.28. The number of hydrogen-bond donors (Lipinski definition) is 2. The smallest absolute Gasteiger partial charge is 0.229 e. The molecule has 2 heterocycles. The third-order valence-electron chi connectivity index (χ3n) is 5.12. The highest BCUT2D eigenvalue weighted by molar-refractivity contribution is 5.95. The lowest BCUT2D eigenvalue weighted by Crippen LogP contribution is -2.36. The Morgan fingerprint density at radius 3 is 2.71 bits per heavy atom. The lowest BCUT2D eigenvalue weighted by Gasteiger charge is -2.28. The minimum absolute atomic E-state index is 0.0139. The summed E-state index contributed by atoms with van der Waals surface area (Å²) in [7, 11) is 0. The predicted octanol–water partition coefficient (Wildman–Crippen LogP) is 4.87. The zero-order chi connectivity index (χ0) is 19.8. The molecule has 0 saturated heterocycles. The molecule has 1 aliphatic rings. The molecule has 1 aromatic heterocycles. The normalized spacial score (nSPS) is 16.0. The van der Waals surface area contributed by atoms with Gasteiger partial charge < -0.3 is 15.5 Å². The molecule has 5 nitrogen and oxygen atoms in total. The Morgan fingerprint density at radius 2 is 1.93 bits per heavy atom. The Balaban J connectivity index is 1.90. The van der Waals surface area contributed by atoms with E-state index in [1.165, 1.54) is 25.7 Å². The Bertz CT molecular complexity index is 760. The number of aromatic nitrogens is 1. The number of rotatable bonds is 3. The first-order valence-corrected chi connectivity index (χ1v) is 10.5. The lowest BCUT2D eigenvalue weighted by molar-refractivity contribution is -0.121. The fourth-order valence-electron chi connectivity index (χ4n) is 3.59. The van der Waals surface area contributed by atoms with Gasteiger partial charge >= 0.3 is 0 Å². The van der Waals surface area contributed by atoms with Crippen molar-refractivity contribution in [3.8, 4) is 0 Å². The average molecular weight is 381 g/mol. The van der Waals surface area contributed by atoms with Crippen LogP contribution in [0.3, 0.4) is 0 Å². The minimum atomic E-state index is -0.0139. The van der Waals surface area contributed by atoms with Crippen LogP contribution in [0, 0.1) is 5.92 Å². The SMILES string of the molecule is CC(C)C(=O)N1CCCCCCCNCc2cc(Nc3ccccn3)ccc21. The van der Waals surface area contributed by atoms with Gasteiger partial charge in [-0.15, -0.1) is 0 Å². The van der Waals surface area contributed by atoms with Crippen molar-refractivity contribution in [2.45, 2.75) is 52.5 Å². The fourth-order valence-corrected chi connectivity index (χ4v) is 3.59. The number of carbonyl (C=O) groups excluding carboxylic acids is 1. The minimum Gasteiger partial charge on any atom is -0.340 e. The molecule has 0 unspecified atom stereocenters.